The molecule has 0 saturated heterocycles. The van der Waals surface area contributed by atoms with Crippen molar-refractivity contribution in [2.45, 2.75) is 37.8 Å². The topological polar surface area (TPSA) is 78.3 Å². The summed E-state index contributed by atoms with van der Waals surface area (Å²) in [6.45, 7) is 5.28. The minimum atomic E-state index is -0.227. The van der Waals surface area contributed by atoms with Crippen molar-refractivity contribution < 1.29 is 14.3 Å². The van der Waals surface area contributed by atoms with Crippen molar-refractivity contribution in [1.82, 2.24) is 20.1 Å². The summed E-state index contributed by atoms with van der Waals surface area (Å²) in [6.07, 6.45) is 0. The Bertz CT molecular complexity index is 1070. The first-order chi connectivity index (χ1) is 15.4. The third-order valence-electron chi connectivity index (χ3n) is 4.71. The molecule has 0 bridgehead atoms. The molecule has 1 aromatic heterocycles. The Morgan fingerprint density at radius 1 is 1.12 bits per heavy atom. The van der Waals surface area contributed by atoms with Crippen LogP contribution in [0.1, 0.15) is 35.6 Å². The number of benzene rings is 2. The third-order valence-corrected chi connectivity index (χ3v) is 6.09. The maximum absolute atomic E-state index is 12.7. The highest BCUT2D eigenvalue weighted by Crippen LogP contribution is 2.28. The molecule has 3 rings (SSSR count). The second-order valence-electron chi connectivity index (χ2n) is 7.54. The molecule has 0 unspecified atom stereocenters. The standard InChI is InChI=1S/C23H27ClN4O3S/c1-15(2)13-28-21(26-27-23(28)32-14-17-7-5-6-8-18(17)24)12-25-22(29)16-9-10-19(30-3)20(11-16)31-4/h5-11,15H,12-14H2,1-4H3,(H,25,29). The van der Waals surface area contributed by atoms with E-state index in [1.807, 2.05) is 24.3 Å². The van der Waals surface area contributed by atoms with Gasteiger partial charge in [0.25, 0.3) is 5.91 Å². The third kappa shape index (κ3) is 5.95. The number of amides is 1. The summed E-state index contributed by atoms with van der Waals surface area (Å²) in [5.41, 5.74) is 1.52. The lowest BCUT2D eigenvalue weighted by Crippen LogP contribution is -2.25. The summed E-state index contributed by atoms with van der Waals surface area (Å²) >= 11 is 7.86. The molecule has 0 saturated carbocycles. The number of hydrogen-bond donors (Lipinski definition) is 1. The number of ether oxygens (including phenoxy) is 2. The van der Waals surface area contributed by atoms with E-state index in [1.54, 1.807) is 37.1 Å². The van der Waals surface area contributed by atoms with Crippen LogP contribution in [-0.2, 0) is 18.8 Å². The van der Waals surface area contributed by atoms with E-state index in [4.69, 9.17) is 21.1 Å². The summed E-state index contributed by atoms with van der Waals surface area (Å²) in [4.78, 5) is 12.7. The second kappa shape index (κ2) is 11.2. The van der Waals surface area contributed by atoms with E-state index in [0.29, 0.717) is 34.6 Å². The molecule has 0 atom stereocenters. The number of carbonyl (C=O) groups excluding carboxylic acids is 1. The Morgan fingerprint density at radius 2 is 1.88 bits per heavy atom. The molecule has 1 N–H and O–H groups in total. The van der Waals surface area contributed by atoms with Crippen LogP contribution in [-0.4, -0.2) is 34.9 Å². The van der Waals surface area contributed by atoms with Gasteiger partial charge in [-0.05, 0) is 35.7 Å². The smallest absolute Gasteiger partial charge is 0.251 e. The van der Waals surface area contributed by atoms with Crippen LogP contribution in [0.4, 0.5) is 0 Å². The molecule has 0 fully saturated rings. The van der Waals surface area contributed by atoms with Gasteiger partial charge in [-0.25, -0.2) is 0 Å². The van der Waals surface area contributed by atoms with Gasteiger partial charge in [0.15, 0.2) is 22.5 Å². The van der Waals surface area contributed by atoms with Crippen LogP contribution in [0.3, 0.4) is 0 Å². The highest BCUT2D eigenvalue weighted by atomic mass is 35.5. The summed E-state index contributed by atoms with van der Waals surface area (Å²) in [7, 11) is 3.09. The number of thioether (sulfide) groups is 1. The van der Waals surface area contributed by atoms with Gasteiger partial charge in [0.1, 0.15) is 0 Å². The zero-order valence-corrected chi connectivity index (χ0v) is 20.2. The number of methoxy groups -OCH3 is 2. The van der Waals surface area contributed by atoms with Crippen LogP contribution in [0, 0.1) is 5.92 Å². The quantitative estimate of drug-likeness (QED) is 0.424. The molecule has 3 aromatic rings. The normalized spacial score (nSPS) is 10.9. The molecular formula is C23H27ClN4O3S. The number of hydrogen-bond acceptors (Lipinski definition) is 6. The van der Waals surface area contributed by atoms with Gasteiger partial charge in [0.05, 0.1) is 20.8 Å². The summed E-state index contributed by atoms with van der Waals surface area (Å²) in [5, 5.41) is 13.1. The molecular weight excluding hydrogens is 448 g/mol. The molecule has 0 aliphatic heterocycles. The van der Waals surface area contributed by atoms with Gasteiger partial charge in [-0.2, -0.15) is 0 Å². The minimum Gasteiger partial charge on any atom is -0.493 e. The Kier molecular flexibility index (Phi) is 8.41. The SMILES string of the molecule is COc1ccc(C(=O)NCc2nnc(SCc3ccccc3Cl)n2CC(C)C)cc1OC. The van der Waals surface area contributed by atoms with E-state index in [1.165, 1.54) is 7.11 Å². The number of halogens is 1. The second-order valence-corrected chi connectivity index (χ2v) is 8.89. The Labute approximate surface area is 197 Å². The van der Waals surface area contributed by atoms with Crippen LogP contribution in [0.5, 0.6) is 11.5 Å². The van der Waals surface area contributed by atoms with Crippen LogP contribution >= 0.6 is 23.4 Å². The molecule has 9 heteroatoms. The van der Waals surface area contributed by atoms with E-state index >= 15 is 0 Å². The zero-order chi connectivity index (χ0) is 23.1. The fraction of sp³-hybridized carbons (Fsp3) is 0.348. The fourth-order valence-corrected chi connectivity index (χ4v) is 4.35. The van der Waals surface area contributed by atoms with Gasteiger partial charge in [-0.3, -0.25) is 4.79 Å². The maximum atomic E-state index is 12.7. The van der Waals surface area contributed by atoms with Crippen molar-refractivity contribution in [3.8, 4) is 11.5 Å². The number of nitrogens with one attached hydrogen (secondary N) is 1. The molecule has 170 valence electrons. The predicted molar refractivity (Wildman–Crippen MR) is 127 cm³/mol. The number of aromatic nitrogens is 3. The van der Waals surface area contributed by atoms with E-state index in [-0.39, 0.29) is 12.5 Å². The lowest BCUT2D eigenvalue weighted by atomic mass is 10.2. The Morgan fingerprint density at radius 3 is 2.56 bits per heavy atom. The molecule has 7 nitrogen and oxygen atoms in total. The molecule has 0 spiro atoms. The highest BCUT2D eigenvalue weighted by Gasteiger charge is 2.16. The number of carbonyl (C=O) groups is 1. The molecule has 32 heavy (non-hydrogen) atoms. The van der Waals surface area contributed by atoms with Crippen molar-refractivity contribution in [3.05, 3.63) is 64.4 Å². The fourth-order valence-electron chi connectivity index (χ4n) is 3.10. The lowest BCUT2D eigenvalue weighted by Gasteiger charge is -2.13. The number of nitrogens with zero attached hydrogens (tertiary/aromatic N) is 3. The first-order valence-electron chi connectivity index (χ1n) is 10.2. The van der Waals surface area contributed by atoms with Crippen molar-refractivity contribution in [2.75, 3.05) is 14.2 Å². The van der Waals surface area contributed by atoms with Gasteiger partial charge < -0.3 is 19.4 Å². The number of rotatable bonds is 10. The molecule has 0 aliphatic carbocycles. The first-order valence-corrected chi connectivity index (χ1v) is 11.6. The van der Waals surface area contributed by atoms with Gasteiger partial charge in [0.2, 0.25) is 0 Å². The van der Waals surface area contributed by atoms with Crippen molar-refractivity contribution in [2.24, 2.45) is 5.92 Å². The van der Waals surface area contributed by atoms with Gasteiger partial charge in [0, 0.05) is 22.9 Å². The van der Waals surface area contributed by atoms with Crippen LogP contribution in [0.25, 0.3) is 0 Å². The summed E-state index contributed by atoms with van der Waals surface area (Å²) in [5.74, 6) is 2.63. The highest BCUT2D eigenvalue weighted by molar-refractivity contribution is 7.98. The monoisotopic (exact) mass is 474 g/mol. The minimum absolute atomic E-state index is 0.227. The summed E-state index contributed by atoms with van der Waals surface area (Å²) < 4.78 is 12.6. The predicted octanol–water partition coefficient (Wildman–Crippen LogP) is 4.83. The average molecular weight is 475 g/mol. The van der Waals surface area contributed by atoms with Crippen LogP contribution in [0.15, 0.2) is 47.6 Å². The molecule has 0 radical (unpaired) electrons. The summed E-state index contributed by atoms with van der Waals surface area (Å²) in [6, 6.07) is 12.8. The Balaban J connectivity index is 1.72. The lowest BCUT2D eigenvalue weighted by molar-refractivity contribution is 0.0949. The molecule has 0 aliphatic rings. The van der Waals surface area contributed by atoms with Gasteiger partial charge in [-0.15, -0.1) is 10.2 Å². The van der Waals surface area contributed by atoms with E-state index in [2.05, 4.69) is 33.9 Å². The van der Waals surface area contributed by atoms with E-state index < -0.39 is 0 Å². The van der Waals surface area contributed by atoms with Crippen molar-refractivity contribution >= 4 is 29.3 Å². The van der Waals surface area contributed by atoms with E-state index in [9.17, 15) is 4.79 Å². The largest absolute Gasteiger partial charge is 0.493 e. The van der Waals surface area contributed by atoms with Crippen LogP contribution in [0.2, 0.25) is 5.02 Å². The van der Waals surface area contributed by atoms with Crippen molar-refractivity contribution in [1.29, 1.82) is 0 Å². The van der Waals surface area contributed by atoms with E-state index in [0.717, 1.165) is 22.3 Å². The van der Waals surface area contributed by atoms with Gasteiger partial charge in [-0.1, -0.05) is 55.4 Å². The Hall–Kier alpha value is -2.71. The van der Waals surface area contributed by atoms with Crippen molar-refractivity contribution in [3.63, 3.8) is 0 Å². The molecule has 1 amide bonds. The zero-order valence-electron chi connectivity index (χ0n) is 18.6. The van der Waals surface area contributed by atoms with Gasteiger partial charge >= 0.3 is 0 Å². The van der Waals surface area contributed by atoms with Crippen LogP contribution < -0.4 is 14.8 Å². The molecule has 2 aromatic carbocycles. The maximum Gasteiger partial charge on any atom is 0.251 e. The molecule has 1 heterocycles. The first kappa shape index (κ1) is 23.9. The average Bonchev–Trinajstić information content (AvgIpc) is 3.17.